The van der Waals surface area contributed by atoms with E-state index >= 15 is 0 Å². The number of fused-ring (bicyclic) bond motifs is 1. The van der Waals surface area contributed by atoms with Crippen molar-refractivity contribution >= 4 is 5.91 Å². The summed E-state index contributed by atoms with van der Waals surface area (Å²) in [7, 11) is 0. The van der Waals surface area contributed by atoms with Gasteiger partial charge in [-0.05, 0) is 39.0 Å². The van der Waals surface area contributed by atoms with Crippen molar-refractivity contribution < 1.29 is 9.53 Å². The van der Waals surface area contributed by atoms with Crippen LogP contribution in [0, 0.1) is 0 Å². The first-order valence-electron chi connectivity index (χ1n) is 11.7. The summed E-state index contributed by atoms with van der Waals surface area (Å²) in [5.41, 5.74) is 3.22. The second-order valence-corrected chi connectivity index (χ2v) is 8.64. The van der Waals surface area contributed by atoms with Crippen LogP contribution in [0.15, 0.2) is 0 Å². The molecule has 7 nitrogen and oxygen atoms in total. The molecular formula is C22H37N5O2. The van der Waals surface area contributed by atoms with Gasteiger partial charge in [0.25, 0.3) is 5.91 Å². The minimum atomic E-state index is 0.157. The third-order valence-electron chi connectivity index (χ3n) is 6.71. The molecule has 0 bridgehead atoms. The number of carbonyl (C=O) groups excluding carboxylic acids is 1. The first-order valence-corrected chi connectivity index (χ1v) is 11.7. The van der Waals surface area contributed by atoms with Gasteiger partial charge < -0.3 is 15.0 Å². The maximum absolute atomic E-state index is 13.3. The Balaban J connectivity index is 1.40. The minimum Gasteiger partial charge on any atom is -0.379 e. The molecule has 3 heterocycles. The SMILES string of the molecule is CCn1nc(C(=O)N2CCCCCC2)c2c1CC[C@@H](NCCN1CCOCC1)C2. The van der Waals surface area contributed by atoms with Crippen LogP contribution in [0.3, 0.4) is 0 Å². The summed E-state index contributed by atoms with van der Waals surface area (Å²) in [6, 6.07) is 0.439. The fourth-order valence-corrected chi connectivity index (χ4v) is 4.97. The van der Waals surface area contributed by atoms with Gasteiger partial charge in [-0.1, -0.05) is 12.8 Å². The van der Waals surface area contributed by atoms with E-state index in [9.17, 15) is 4.79 Å². The number of nitrogens with one attached hydrogen (secondary N) is 1. The summed E-state index contributed by atoms with van der Waals surface area (Å²) >= 11 is 0. The molecule has 3 aliphatic rings. The number of ether oxygens (including phenoxy) is 1. The highest BCUT2D eigenvalue weighted by atomic mass is 16.5. The first kappa shape index (κ1) is 20.8. The lowest BCUT2D eigenvalue weighted by Crippen LogP contribution is -2.43. The zero-order valence-corrected chi connectivity index (χ0v) is 18.0. The summed E-state index contributed by atoms with van der Waals surface area (Å²) < 4.78 is 7.51. The van der Waals surface area contributed by atoms with Gasteiger partial charge in [-0.2, -0.15) is 5.10 Å². The average molecular weight is 404 g/mol. The molecule has 0 aromatic carbocycles. The van der Waals surface area contributed by atoms with Crippen molar-refractivity contribution in [3.05, 3.63) is 17.0 Å². The van der Waals surface area contributed by atoms with E-state index < -0.39 is 0 Å². The normalized spacial score (nSPS) is 23.6. The third kappa shape index (κ3) is 5.01. The van der Waals surface area contributed by atoms with Crippen LogP contribution in [0.2, 0.25) is 0 Å². The number of hydrogen-bond acceptors (Lipinski definition) is 5. The number of rotatable bonds is 6. The number of morpholine rings is 1. The molecule has 0 unspecified atom stereocenters. The molecule has 0 spiro atoms. The fraction of sp³-hybridized carbons (Fsp3) is 0.818. The molecule has 7 heteroatoms. The van der Waals surface area contributed by atoms with Gasteiger partial charge in [0.05, 0.1) is 13.2 Å². The maximum Gasteiger partial charge on any atom is 0.274 e. The van der Waals surface area contributed by atoms with Crippen molar-refractivity contribution in [3.8, 4) is 0 Å². The second kappa shape index (κ2) is 10.0. The highest BCUT2D eigenvalue weighted by Crippen LogP contribution is 2.26. The summed E-state index contributed by atoms with van der Waals surface area (Å²) in [6.07, 6.45) is 7.77. The van der Waals surface area contributed by atoms with Crippen molar-refractivity contribution in [2.75, 3.05) is 52.5 Å². The van der Waals surface area contributed by atoms with Crippen LogP contribution in [0.25, 0.3) is 0 Å². The lowest BCUT2D eigenvalue weighted by Gasteiger charge is -2.29. The molecule has 2 aliphatic heterocycles. The number of aromatic nitrogens is 2. The van der Waals surface area contributed by atoms with Crippen LogP contribution in [0.1, 0.15) is 60.8 Å². The number of aryl methyl sites for hydroxylation is 1. The summed E-state index contributed by atoms with van der Waals surface area (Å²) in [5.74, 6) is 0.157. The summed E-state index contributed by atoms with van der Waals surface area (Å²) in [6.45, 7) is 10.6. The van der Waals surface area contributed by atoms with Crippen molar-refractivity contribution in [1.82, 2.24) is 24.9 Å². The van der Waals surface area contributed by atoms with Gasteiger partial charge in [0.15, 0.2) is 5.69 Å². The van der Waals surface area contributed by atoms with Crippen LogP contribution >= 0.6 is 0 Å². The van der Waals surface area contributed by atoms with Crippen LogP contribution in [-0.4, -0.2) is 84.0 Å². The van der Waals surface area contributed by atoms with Gasteiger partial charge in [-0.3, -0.25) is 14.4 Å². The Bertz CT molecular complexity index is 675. The van der Waals surface area contributed by atoms with E-state index in [1.165, 1.54) is 24.1 Å². The quantitative estimate of drug-likeness (QED) is 0.783. The van der Waals surface area contributed by atoms with Gasteiger partial charge in [-0.25, -0.2) is 0 Å². The van der Waals surface area contributed by atoms with Crippen molar-refractivity contribution in [2.45, 2.75) is 64.5 Å². The molecule has 1 aliphatic carbocycles. The van der Waals surface area contributed by atoms with Crippen LogP contribution < -0.4 is 5.32 Å². The molecule has 1 atom stereocenters. The second-order valence-electron chi connectivity index (χ2n) is 8.64. The Morgan fingerprint density at radius 1 is 1.14 bits per heavy atom. The number of carbonyl (C=O) groups is 1. The summed E-state index contributed by atoms with van der Waals surface area (Å²) in [4.78, 5) is 17.8. The molecule has 0 radical (unpaired) electrons. The zero-order chi connectivity index (χ0) is 20.1. The van der Waals surface area contributed by atoms with E-state index in [1.807, 2.05) is 4.90 Å². The fourth-order valence-electron chi connectivity index (χ4n) is 4.97. The molecule has 162 valence electrons. The molecule has 1 aromatic rings. The summed E-state index contributed by atoms with van der Waals surface area (Å²) in [5, 5.41) is 8.53. The molecule has 2 saturated heterocycles. The number of likely N-dealkylation sites (tertiary alicyclic amines) is 1. The number of nitrogens with zero attached hydrogens (tertiary/aromatic N) is 4. The van der Waals surface area contributed by atoms with E-state index in [0.717, 1.165) is 96.8 Å². The standard InChI is InChI=1S/C22H37N5O2/c1-2-27-20-8-7-18(23-9-12-25-13-15-29-16-14-25)17-19(20)21(24-27)22(28)26-10-5-3-4-6-11-26/h18,23H,2-17H2,1H3/t18-/m1/s1. The number of hydrogen-bond donors (Lipinski definition) is 1. The molecule has 2 fully saturated rings. The Kier molecular flexibility index (Phi) is 7.21. The lowest BCUT2D eigenvalue weighted by molar-refractivity contribution is 0.0381. The van der Waals surface area contributed by atoms with E-state index in [0.29, 0.717) is 6.04 Å². The third-order valence-corrected chi connectivity index (χ3v) is 6.71. The highest BCUT2D eigenvalue weighted by Gasteiger charge is 2.31. The van der Waals surface area contributed by atoms with Crippen molar-refractivity contribution in [1.29, 1.82) is 0 Å². The first-order chi connectivity index (χ1) is 14.3. The lowest BCUT2D eigenvalue weighted by atomic mass is 9.91. The predicted molar refractivity (Wildman–Crippen MR) is 113 cm³/mol. The smallest absolute Gasteiger partial charge is 0.274 e. The van der Waals surface area contributed by atoms with Crippen LogP contribution in [-0.2, 0) is 24.1 Å². The Morgan fingerprint density at radius 3 is 2.62 bits per heavy atom. The van der Waals surface area contributed by atoms with Gasteiger partial charge in [0, 0.05) is 63.1 Å². The van der Waals surface area contributed by atoms with Gasteiger partial charge in [0.2, 0.25) is 0 Å². The zero-order valence-electron chi connectivity index (χ0n) is 18.0. The Labute approximate surface area is 174 Å². The van der Waals surface area contributed by atoms with Crippen LogP contribution in [0.4, 0.5) is 0 Å². The monoisotopic (exact) mass is 403 g/mol. The van der Waals surface area contributed by atoms with Gasteiger partial charge in [-0.15, -0.1) is 0 Å². The number of amides is 1. The Morgan fingerprint density at radius 2 is 1.90 bits per heavy atom. The van der Waals surface area contributed by atoms with E-state index in [-0.39, 0.29) is 5.91 Å². The molecule has 1 amide bonds. The largest absolute Gasteiger partial charge is 0.379 e. The predicted octanol–water partition coefficient (Wildman–Crippen LogP) is 1.70. The average Bonchev–Trinajstić information content (AvgIpc) is 2.92. The molecule has 4 rings (SSSR count). The minimum absolute atomic E-state index is 0.157. The van der Waals surface area contributed by atoms with E-state index in [1.54, 1.807) is 0 Å². The van der Waals surface area contributed by atoms with E-state index in [4.69, 9.17) is 9.84 Å². The van der Waals surface area contributed by atoms with Crippen molar-refractivity contribution in [2.24, 2.45) is 0 Å². The molecule has 1 aromatic heterocycles. The molecule has 29 heavy (non-hydrogen) atoms. The molecule has 0 saturated carbocycles. The van der Waals surface area contributed by atoms with Crippen LogP contribution in [0.5, 0.6) is 0 Å². The van der Waals surface area contributed by atoms with Gasteiger partial charge >= 0.3 is 0 Å². The molecule has 1 N–H and O–H groups in total. The van der Waals surface area contributed by atoms with E-state index in [2.05, 4.69) is 21.8 Å². The van der Waals surface area contributed by atoms with Crippen molar-refractivity contribution in [3.63, 3.8) is 0 Å². The maximum atomic E-state index is 13.3. The highest BCUT2D eigenvalue weighted by molar-refractivity contribution is 5.94. The molecular weight excluding hydrogens is 366 g/mol. The topological polar surface area (TPSA) is 62.6 Å². The Hall–Kier alpha value is -1.44. The van der Waals surface area contributed by atoms with Gasteiger partial charge in [0.1, 0.15) is 0 Å².